The molecule has 0 aromatic carbocycles. The van der Waals surface area contributed by atoms with Gasteiger partial charge in [0.15, 0.2) is 12.5 Å². The van der Waals surface area contributed by atoms with Crippen LogP contribution in [0.25, 0.3) is 0 Å². The van der Waals surface area contributed by atoms with Crippen molar-refractivity contribution in [1.29, 1.82) is 0 Å². The average molecular weight is 530 g/mol. The van der Waals surface area contributed by atoms with Gasteiger partial charge < -0.3 is 14.2 Å². The second-order valence-corrected chi connectivity index (χ2v) is 10.0. The maximum atomic E-state index is 14.9. The zero-order chi connectivity index (χ0) is 26.2. The molecule has 0 aromatic rings. The van der Waals surface area contributed by atoms with Gasteiger partial charge in [-0.25, -0.2) is 26.3 Å². The van der Waals surface area contributed by atoms with Crippen LogP contribution in [-0.4, -0.2) is 56.4 Å². The van der Waals surface area contributed by atoms with Crippen molar-refractivity contribution < 1.29 is 49.3 Å². The van der Waals surface area contributed by atoms with Gasteiger partial charge in [0.2, 0.25) is 0 Å². The van der Waals surface area contributed by atoms with Gasteiger partial charge in [-0.05, 0) is 55.4 Å². The normalized spacial score (nSPS) is 42.4. The summed E-state index contributed by atoms with van der Waals surface area (Å²) in [4.78, 5) is 0. The fourth-order valence-corrected chi connectivity index (χ4v) is 5.35. The molecule has 0 N–H and O–H groups in total. The summed E-state index contributed by atoms with van der Waals surface area (Å²) < 4.78 is 130. The zero-order valence-electron chi connectivity index (χ0n) is 19.7. The van der Waals surface area contributed by atoms with E-state index in [4.69, 9.17) is 9.47 Å². The number of ether oxygens (including phenoxy) is 3. The maximum absolute atomic E-state index is 14.9. The first-order valence-electron chi connectivity index (χ1n) is 12.3. The van der Waals surface area contributed by atoms with Crippen LogP contribution in [-0.2, 0) is 14.2 Å². The minimum absolute atomic E-state index is 0.108. The third-order valence-corrected chi connectivity index (χ3v) is 7.51. The molecule has 4 rings (SSSR count). The molecular weight excluding hydrogens is 500 g/mol. The van der Waals surface area contributed by atoms with E-state index in [1.807, 2.05) is 6.92 Å². The molecule has 11 heteroatoms. The van der Waals surface area contributed by atoms with Gasteiger partial charge in [-0.1, -0.05) is 6.92 Å². The monoisotopic (exact) mass is 530 g/mol. The summed E-state index contributed by atoms with van der Waals surface area (Å²) in [6.45, 7) is 2.61. The van der Waals surface area contributed by atoms with Crippen LogP contribution in [0.4, 0.5) is 35.1 Å². The van der Waals surface area contributed by atoms with Gasteiger partial charge in [0.05, 0.1) is 19.3 Å². The summed E-state index contributed by atoms with van der Waals surface area (Å²) in [5, 5.41) is 0. The number of hydrogen-bond donors (Lipinski definition) is 0. The topological polar surface area (TPSA) is 27.7 Å². The molecule has 3 unspecified atom stereocenters. The summed E-state index contributed by atoms with van der Waals surface area (Å²) in [5.41, 5.74) is 0.109. The van der Waals surface area contributed by atoms with Crippen molar-refractivity contribution in [2.45, 2.75) is 82.2 Å². The highest BCUT2D eigenvalue weighted by Gasteiger charge is 2.54. The maximum Gasteiger partial charge on any atom is 0.365 e. The van der Waals surface area contributed by atoms with Crippen LogP contribution < -0.4 is 0 Å². The molecule has 8 atom stereocenters. The molecule has 0 aromatic heterocycles. The van der Waals surface area contributed by atoms with Crippen LogP contribution in [0.1, 0.15) is 39.0 Å². The third kappa shape index (κ3) is 5.83. The predicted octanol–water partition coefficient (Wildman–Crippen LogP) is 6.80. The van der Waals surface area contributed by atoms with Crippen molar-refractivity contribution in [1.82, 2.24) is 0 Å². The molecule has 1 aliphatic heterocycles. The molecular formula is C25H30F8O3. The molecule has 0 spiro atoms. The van der Waals surface area contributed by atoms with Gasteiger partial charge in [-0.3, -0.25) is 0 Å². The van der Waals surface area contributed by atoms with E-state index in [2.05, 4.69) is 4.74 Å². The second kappa shape index (κ2) is 11.1. The van der Waals surface area contributed by atoms with E-state index in [9.17, 15) is 35.1 Å². The molecule has 4 aliphatic rings. The van der Waals surface area contributed by atoms with E-state index in [0.717, 1.165) is 24.6 Å². The van der Waals surface area contributed by atoms with Crippen molar-refractivity contribution in [3.63, 3.8) is 0 Å². The van der Waals surface area contributed by atoms with Crippen LogP contribution >= 0.6 is 0 Å². The minimum atomic E-state index is -4.26. The summed E-state index contributed by atoms with van der Waals surface area (Å²) in [6.07, 6.45) is -14.0. The number of rotatable bonds is 6. The number of allylic oxidation sites excluding steroid dienone is 4. The van der Waals surface area contributed by atoms with Gasteiger partial charge in [0.25, 0.3) is 0 Å². The molecule has 0 amide bonds. The first-order chi connectivity index (χ1) is 17.0. The first kappa shape index (κ1) is 27.6. The molecule has 3 nitrogen and oxygen atoms in total. The predicted molar refractivity (Wildman–Crippen MR) is 114 cm³/mol. The van der Waals surface area contributed by atoms with E-state index in [0.29, 0.717) is 13.2 Å². The Morgan fingerprint density at radius 1 is 0.944 bits per heavy atom. The minimum Gasteiger partial charge on any atom is -0.348 e. The fourth-order valence-electron chi connectivity index (χ4n) is 5.35. The van der Waals surface area contributed by atoms with E-state index in [-0.39, 0.29) is 24.3 Å². The van der Waals surface area contributed by atoms with E-state index in [1.165, 1.54) is 0 Å². The van der Waals surface area contributed by atoms with Crippen LogP contribution in [0.3, 0.4) is 0 Å². The van der Waals surface area contributed by atoms with Crippen LogP contribution in [0.2, 0.25) is 0 Å². The summed E-state index contributed by atoms with van der Waals surface area (Å²) in [7, 11) is 0. The molecule has 3 aliphatic carbocycles. The lowest BCUT2D eigenvalue weighted by molar-refractivity contribution is -0.304. The molecule has 1 saturated heterocycles. The van der Waals surface area contributed by atoms with Crippen LogP contribution in [0.15, 0.2) is 35.5 Å². The van der Waals surface area contributed by atoms with Gasteiger partial charge in [-0.2, -0.15) is 8.78 Å². The van der Waals surface area contributed by atoms with Gasteiger partial charge in [0.1, 0.15) is 36.1 Å². The van der Waals surface area contributed by atoms with E-state index < -0.39 is 85.4 Å². The van der Waals surface area contributed by atoms with E-state index >= 15 is 0 Å². The highest BCUT2D eigenvalue weighted by atomic mass is 19.3. The first-order valence-corrected chi connectivity index (χ1v) is 12.3. The molecule has 36 heavy (non-hydrogen) atoms. The van der Waals surface area contributed by atoms with Crippen LogP contribution in [0.5, 0.6) is 0 Å². The number of alkyl halides is 6. The Labute approximate surface area is 204 Å². The lowest BCUT2D eigenvalue weighted by Gasteiger charge is -2.39. The van der Waals surface area contributed by atoms with Crippen molar-refractivity contribution in [2.24, 2.45) is 23.7 Å². The van der Waals surface area contributed by atoms with Crippen molar-refractivity contribution in [3.05, 3.63) is 35.5 Å². The SMILES string of the molecule is CCC1COC(C2=C[C@H](F)C(C(F)(F)O[C@H]3C=C(F)[C@@H]([C@H]4C=C(F)[C@@H](F)C(F)C4)CC3)C(F)C2)OC1. The molecule has 0 saturated carbocycles. The highest BCUT2D eigenvalue weighted by molar-refractivity contribution is 5.19. The molecule has 0 bridgehead atoms. The Morgan fingerprint density at radius 3 is 2.22 bits per heavy atom. The molecule has 1 fully saturated rings. The standard InChI is InChI=1S/C25H30F8O3/c1-2-12-10-34-24(35-11-12)14-7-18(27)22(19(28)8-14)25(32,33)36-15-3-4-16(17(26)9-15)13-5-20(29)23(31)21(30)6-13/h5,7,9,12-13,15-16,18-19,21-24H,2-4,6,8,10-11H2,1H3/t12?,13-,15+,16+,18-,19?,21?,22?,23+,24?/m0/s1. The van der Waals surface area contributed by atoms with Gasteiger partial charge >= 0.3 is 6.11 Å². The molecule has 0 radical (unpaired) electrons. The Hall–Kier alpha value is -1.46. The smallest absolute Gasteiger partial charge is 0.348 e. The quantitative estimate of drug-likeness (QED) is 0.279. The number of hydrogen-bond acceptors (Lipinski definition) is 3. The van der Waals surface area contributed by atoms with Crippen LogP contribution in [0, 0.1) is 23.7 Å². The van der Waals surface area contributed by atoms with E-state index in [1.54, 1.807) is 0 Å². The zero-order valence-corrected chi connectivity index (χ0v) is 19.7. The number of halogens is 8. The Kier molecular flexibility index (Phi) is 8.51. The molecule has 204 valence electrons. The fraction of sp³-hybridized carbons (Fsp3) is 0.760. The summed E-state index contributed by atoms with van der Waals surface area (Å²) in [6, 6.07) is 0. The van der Waals surface area contributed by atoms with Crippen molar-refractivity contribution >= 4 is 0 Å². The van der Waals surface area contributed by atoms with Crippen molar-refractivity contribution in [3.8, 4) is 0 Å². The second-order valence-electron chi connectivity index (χ2n) is 10.0. The highest BCUT2D eigenvalue weighted by Crippen LogP contribution is 2.45. The van der Waals surface area contributed by atoms with Gasteiger partial charge in [-0.15, -0.1) is 0 Å². The van der Waals surface area contributed by atoms with Gasteiger partial charge in [0, 0.05) is 18.3 Å². The Morgan fingerprint density at radius 2 is 1.64 bits per heavy atom. The lowest BCUT2D eigenvalue weighted by atomic mass is 9.77. The molecule has 1 heterocycles. The lowest BCUT2D eigenvalue weighted by Crippen LogP contribution is -2.48. The van der Waals surface area contributed by atoms with Crippen molar-refractivity contribution in [2.75, 3.05) is 13.2 Å². The largest absolute Gasteiger partial charge is 0.365 e. The Bertz CT molecular complexity index is 869. The summed E-state index contributed by atoms with van der Waals surface area (Å²) in [5.74, 6) is -6.56. The average Bonchev–Trinajstić information content (AvgIpc) is 2.81. The Balaban J connectivity index is 1.40. The summed E-state index contributed by atoms with van der Waals surface area (Å²) >= 11 is 0. The third-order valence-electron chi connectivity index (χ3n) is 7.51.